The Labute approximate surface area is 151 Å². The highest BCUT2D eigenvalue weighted by Crippen LogP contribution is 2.08. The summed E-state index contributed by atoms with van der Waals surface area (Å²) in [4.78, 5) is 4.10. The molecular weight excluding hydrogens is 415 g/mol. The molecule has 0 radical (unpaired) electrons. The second-order valence-corrected chi connectivity index (χ2v) is 4.83. The number of nitrogens with zero attached hydrogens (tertiary/aromatic N) is 3. The van der Waals surface area contributed by atoms with Gasteiger partial charge < -0.3 is 10.6 Å². The van der Waals surface area contributed by atoms with Gasteiger partial charge in [0.15, 0.2) is 5.96 Å². The van der Waals surface area contributed by atoms with Crippen molar-refractivity contribution in [2.45, 2.75) is 13.0 Å². The molecule has 5 nitrogen and oxygen atoms in total. The van der Waals surface area contributed by atoms with E-state index in [1.807, 2.05) is 13.1 Å². The van der Waals surface area contributed by atoms with Crippen LogP contribution in [-0.2, 0) is 20.0 Å². The van der Waals surface area contributed by atoms with Crippen molar-refractivity contribution in [3.8, 4) is 0 Å². The van der Waals surface area contributed by atoms with Crippen LogP contribution >= 0.6 is 24.0 Å². The molecule has 126 valence electrons. The van der Waals surface area contributed by atoms with Gasteiger partial charge in [0, 0.05) is 32.9 Å². The Morgan fingerprint density at radius 3 is 2.48 bits per heavy atom. The Hall–Kier alpha value is -1.71. The summed E-state index contributed by atoms with van der Waals surface area (Å²) >= 11 is 0. The predicted octanol–water partition coefficient (Wildman–Crippen LogP) is 2.22. The minimum atomic E-state index is -0.561. The summed E-state index contributed by atoms with van der Waals surface area (Å²) < 4.78 is 28.0. The van der Waals surface area contributed by atoms with Gasteiger partial charge in [-0.15, -0.1) is 24.0 Å². The summed E-state index contributed by atoms with van der Waals surface area (Å²) in [6.45, 7) is 1.11. The van der Waals surface area contributed by atoms with Gasteiger partial charge in [-0.05, 0) is 30.2 Å². The fourth-order valence-electron chi connectivity index (χ4n) is 2.05. The Bertz CT molecular complexity index is 637. The molecule has 1 heterocycles. The number of hydrogen-bond acceptors (Lipinski definition) is 2. The van der Waals surface area contributed by atoms with Crippen LogP contribution < -0.4 is 10.6 Å². The molecule has 1 aromatic carbocycles. The number of rotatable bonds is 5. The van der Waals surface area contributed by atoms with E-state index in [2.05, 4.69) is 20.7 Å². The molecule has 2 N–H and O–H groups in total. The summed E-state index contributed by atoms with van der Waals surface area (Å²) in [5.74, 6) is -0.500. The summed E-state index contributed by atoms with van der Waals surface area (Å²) in [6, 6.07) is 5.44. The minimum Gasteiger partial charge on any atom is -0.356 e. The average Bonchev–Trinajstić information content (AvgIpc) is 2.87. The Morgan fingerprint density at radius 1 is 1.22 bits per heavy atom. The quantitative estimate of drug-likeness (QED) is 0.431. The van der Waals surface area contributed by atoms with Crippen LogP contribution in [0, 0.1) is 11.6 Å². The van der Waals surface area contributed by atoms with Crippen LogP contribution in [0.15, 0.2) is 35.5 Å². The van der Waals surface area contributed by atoms with Crippen molar-refractivity contribution in [3.05, 3.63) is 53.4 Å². The van der Waals surface area contributed by atoms with Crippen LogP contribution in [0.5, 0.6) is 0 Å². The number of nitrogens with one attached hydrogen (secondary N) is 2. The van der Waals surface area contributed by atoms with Crippen molar-refractivity contribution in [2.24, 2.45) is 12.0 Å². The third-order valence-corrected chi connectivity index (χ3v) is 3.21. The predicted molar refractivity (Wildman–Crippen MR) is 96.9 cm³/mol. The third kappa shape index (κ3) is 6.12. The van der Waals surface area contributed by atoms with E-state index in [-0.39, 0.29) is 24.0 Å². The largest absolute Gasteiger partial charge is 0.356 e. The second kappa shape index (κ2) is 9.43. The smallest absolute Gasteiger partial charge is 0.191 e. The molecule has 0 aliphatic heterocycles. The van der Waals surface area contributed by atoms with E-state index in [9.17, 15) is 8.78 Å². The first kappa shape index (κ1) is 19.3. The molecular formula is C15H20F2IN5. The SMILES string of the molecule is CN=C(NCCc1cc(F)cc(F)c1)NCc1ccnn1C.I. The summed E-state index contributed by atoms with van der Waals surface area (Å²) in [5, 5.41) is 10.3. The van der Waals surface area contributed by atoms with Gasteiger partial charge in [-0.1, -0.05) is 0 Å². The zero-order valence-electron chi connectivity index (χ0n) is 13.0. The molecule has 0 spiro atoms. The van der Waals surface area contributed by atoms with E-state index >= 15 is 0 Å². The van der Waals surface area contributed by atoms with Gasteiger partial charge >= 0.3 is 0 Å². The van der Waals surface area contributed by atoms with Crippen molar-refractivity contribution in [1.82, 2.24) is 20.4 Å². The second-order valence-electron chi connectivity index (χ2n) is 4.83. The first-order chi connectivity index (χ1) is 10.6. The molecule has 23 heavy (non-hydrogen) atoms. The van der Waals surface area contributed by atoms with E-state index in [4.69, 9.17) is 0 Å². The van der Waals surface area contributed by atoms with Crippen molar-refractivity contribution in [1.29, 1.82) is 0 Å². The molecule has 1 aromatic heterocycles. The lowest BCUT2D eigenvalue weighted by molar-refractivity contribution is 0.579. The van der Waals surface area contributed by atoms with E-state index < -0.39 is 11.6 Å². The number of benzene rings is 1. The van der Waals surface area contributed by atoms with E-state index in [1.165, 1.54) is 12.1 Å². The maximum Gasteiger partial charge on any atom is 0.191 e. The molecule has 8 heteroatoms. The van der Waals surface area contributed by atoms with Crippen molar-refractivity contribution < 1.29 is 8.78 Å². The van der Waals surface area contributed by atoms with Gasteiger partial charge in [0.25, 0.3) is 0 Å². The Kier molecular flexibility index (Phi) is 7.93. The fourth-order valence-corrected chi connectivity index (χ4v) is 2.05. The molecule has 0 amide bonds. The maximum absolute atomic E-state index is 13.1. The van der Waals surface area contributed by atoms with Crippen LogP contribution in [0.2, 0.25) is 0 Å². The van der Waals surface area contributed by atoms with Crippen LogP contribution in [0.3, 0.4) is 0 Å². The Balaban J connectivity index is 0.00000264. The van der Waals surface area contributed by atoms with Gasteiger partial charge in [-0.3, -0.25) is 9.67 Å². The number of aliphatic imine (C=N–C) groups is 1. The van der Waals surface area contributed by atoms with Gasteiger partial charge in [0.05, 0.1) is 12.2 Å². The molecule has 2 rings (SSSR count). The lowest BCUT2D eigenvalue weighted by atomic mass is 10.1. The Morgan fingerprint density at radius 2 is 1.91 bits per heavy atom. The molecule has 0 atom stereocenters. The summed E-state index contributed by atoms with van der Waals surface area (Å²) in [6.07, 6.45) is 2.23. The zero-order valence-corrected chi connectivity index (χ0v) is 15.3. The van der Waals surface area contributed by atoms with E-state index in [1.54, 1.807) is 17.9 Å². The van der Waals surface area contributed by atoms with Gasteiger partial charge in [0.2, 0.25) is 0 Å². The van der Waals surface area contributed by atoms with E-state index in [0.717, 1.165) is 11.8 Å². The topological polar surface area (TPSA) is 54.2 Å². The molecule has 2 aromatic rings. The highest BCUT2D eigenvalue weighted by Gasteiger charge is 2.03. The van der Waals surface area contributed by atoms with Crippen molar-refractivity contribution >= 4 is 29.9 Å². The standard InChI is InChI=1S/C15H19F2N5.HI/c1-18-15(20-10-14-4-6-21-22(14)2)19-5-3-11-7-12(16)9-13(17)8-11;/h4,6-9H,3,5,10H2,1-2H3,(H2,18,19,20);1H. The number of aryl methyl sites for hydroxylation is 1. The number of halogens is 3. The molecule has 0 fully saturated rings. The first-order valence-electron chi connectivity index (χ1n) is 6.95. The summed E-state index contributed by atoms with van der Waals surface area (Å²) in [5.41, 5.74) is 1.63. The molecule has 0 unspecified atom stereocenters. The molecule has 0 bridgehead atoms. The molecule has 0 saturated heterocycles. The fraction of sp³-hybridized carbons (Fsp3) is 0.333. The third-order valence-electron chi connectivity index (χ3n) is 3.21. The van der Waals surface area contributed by atoms with E-state index in [0.29, 0.717) is 31.0 Å². The molecule has 0 aliphatic carbocycles. The van der Waals surface area contributed by atoms with Crippen LogP contribution in [0.1, 0.15) is 11.3 Å². The summed E-state index contributed by atoms with van der Waals surface area (Å²) in [7, 11) is 3.53. The molecule has 0 aliphatic rings. The van der Waals surface area contributed by atoms with Crippen molar-refractivity contribution in [2.75, 3.05) is 13.6 Å². The normalized spacial score (nSPS) is 11.0. The highest BCUT2D eigenvalue weighted by atomic mass is 127. The lowest BCUT2D eigenvalue weighted by Gasteiger charge is -2.12. The average molecular weight is 435 g/mol. The monoisotopic (exact) mass is 435 g/mol. The van der Waals surface area contributed by atoms with Gasteiger partial charge in [0.1, 0.15) is 11.6 Å². The first-order valence-corrected chi connectivity index (χ1v) is 6.95. The zero-order chi connectivity index (χ0) is 15.9. The number of hydrogen-bond donors (Lipinski definition) is 2. The van der Waals surface area contributed by atoms with Crippen molar-refractivity contribution in [3.63, 3.8) is 0 Å². The maximum atomic E-state index is 13.1. The number of aromatic nitrogens is 2. The highest BCUT2D eigenvalue weighted by molar-refractivity contribution is 14.0. The van der Waals surface area contributed by atoms with Crippen LogP contribution in [0.4, 0.5) is 8.78 Å². The van der Waals surface area contributed by atoms with Gasteiger partial charge in [-0.25, -0.2) is 8.78 Å². The molecule has 0 saturated carbocycles. The van der Waals surface area contributed by atoms with Crippen LogP contribution in [-0.4, -0.2) is 29.3 Å². The van der Waals surface area contributed by atoms with Crippen LogP contribution in [0.25, 0.3) is 0 Å². The lowest BCUT2D eigenvalue weighted by Crippen LogP contribution is -2.38. The minimum absolute atomic E-state index is 0. The van der Waals surface area contributed by atoms with Gasteiger partial charge in [-0.2, -0.15) is 5.10 Å². The number of guanidine groups is 1.